The quantitative estimate of drug-likeness (QED) is 0.840. The van der Waals surface area contributed by atoms with Gasteiger partial charge in [-0.3, -0.25) is 0 Å². The summed E-state index contributed by atoms with van der Waals surface area (Å²) >= 11 is 0. The molecule has 0 saturated carbocycles. The highest BCUT2D eigenvalue weighted by atomic mass is 16.3. The average molecular weight is 300 g/mol. The van der Waals surface area contributed by atoms with Crippen molar-refractivity contribution >= 4 is 6.03 Å². The molecule has 0 aromatic heterocycles. The van der Waals surface area contributed by atoms with E-state index in [1.54, 1.807) is 0 Å². The molecular formula is C18H24N2O2. The highest BCUT2D eigenvalue weighted by molar-refractivity contribution is 5.75. The predicted molar refractivity (Wildman–Crippen MR) is 86.6 cm³/mol. The van der Waals surface area contributed by atoms with Crippen LogP contribution in [0.3, 0.4) is 0 Å². The van der Waals surface area contributed by atoms with Crippen molar-refractivity contribution in [1.29, 1.82) is 0 Å². The van der Waals surface area contributed by atoms with Crippen LogP contribution in [0.1, 0.15) is 42.9 Å². The van der Waals surface area contributed by atoms with Gasteiger partial charge < -0.3 is 15.3 Å². The molecule has 2 aliphatic carbocycles. The van der Waals surface area contributed by atoms with Gasteiger partial charge in [0.1, 0.15) is 0 Å². The van der Waals surface area contributed by atoms with Gasteiger partial charge in [0, 0.05) is 12.6 Å². The van der Waals surface area contributed by atoms with Crippen LogP contribution in [0.2, 0.25) is 0 Å². The van der Waals surface area contributed by atoms with E-state index in [0.29, 0.717) is 6.54 Å². The molecule has 2 aliphatic rings. The molecule has 3 rings (SSSR count). The van der Waals surface area contributed by atoms with Crippen LogP contribution in [0.4, 0.5) is 4.79 Å². The van der Waals surface area contributed by atoms with Gasteiger partial charge in [-0.15, -0.1) is 0 Å². The SMILES string of the molecule is O=C(NC1CC=CC1)N(CCO)C1CCCc2ccccc21. The van der Waals surface area contributed by atoms with E-state index < -0.39 is 0 Å². The van der Waals surface area contributed by atoms with Crippen molar-refractivity contribution in [2.45, 2.75) is 44.2 Å². The van der Waals surface area contributed by atoms with Gasteiger partial charge in [-0.05, 0) is 43.2 Å². The number of aryl methyl sites for hydroxylation is 1. The second-order valence-electron chi connectivity index (χ2n) is 6.11. The van der Waals surface area contributed by atoms with Crippen molar-refractivity contribution in [2.75, 3.05) is 13.2 Å². The predicted octanol–water partition coefficient (Wildman–Crippen LogP) is 2.79. The number of nitrogens with one attached hydrogen (secondary N) is 1. The Balaban J connectivity index is 1.77. The van der Waals surface area contributed by atoms with Crippen molar-refractivity contribution in [2.24, 2.45) is 0 Å². The van der Waals surface area contributed by atoms with Gasteiger partial charge in [-0.25, -0.2) is 4.79 Å². The lowest BCUT2D eigenvalue weighted by atomic mass is 9.87. The maximum Gasteiger partial charge on any atom is 0.318 e. The number of aliphatic hydroxyl groups excluding tert-OH is 1. The van der Waals surface area contributed by atoms with Crippen LogP contribution >= 0.6 is 0 Å². The molecule has 0 spiro atoms. The molecule has 1 aromatic rings. The van der Waals surface area contributed by atoms with Crippen molar-refractivity contribution in [1.82, 2.24) is 10.2 Å². The van der Waals surface area contributed by atoms with Crippen LogP contribution in [-0.4, -0.2) is 35.2 Å². The second kappa shape index (κ2) is 6.97. The zero-order chi connectivity index (χ0) is 15.4. The topological polar surface area (TPSA) is 52.6 Å². The molecule has 1 atom stereocenters. The van der Waals surface area contributed by atoms with E-state index in [1.165, 1.54) is 11.1 Å². The largest absolute Gasteiger partial charge is 0.395 e. The molecule has 0 saturated heterocycles. The molecule has 4 heteroatoms. The minimum atomic E-state index is -0.0514. The third-order valence-electron chi connectivity index (χ3n) is 4.65. The van der Waals surface area contributed by atoms with Gasteiger partial charge in [-0.2, -0.15) is 0 Å². The van der Waals surface area contributed by atoms with Gasteiger partial charge in [0.15, 0.2) is 0 Å². The lowest BCUT2D eigenvalue weighted by molar-refractivity contribution is 0.142. The van der Waals surface area contributed by atoms with Crippen molar-refractivity contribution < 1.29 is 9.90 Å². The highest BCUT2D eigenvalue weighted by Crippen LogP contribution is 2.34. The Hall–Kier alpha value is -1.81. The van der Waals surface area contributed by atoms with Gasteiger partial charge in [-0.1, -0.05) is 36.4 Å². The van der Waals surface area contributed by atoms with Crippen LogP contribution in [-0.2, 0) is 6.42 Å². The first kappa shape index (κ1) is 15.1. The summed E-state index contributed by atoms with van der Waals surface area (Å²) in [6, 6.07) is 8.59. The monoisotopic (exact) mass is 300 g/mol. The van der Waals surface area contributed by atoms with Crippen LogP contribution in [0.5, 0.6) is 0 Å². The lowest BCUT2D eigenvalue weighted by Gasteiger charge is -2.36. The Morgan fingerprint density at radius 3 is 2.82 bits per heavy atom. The van der Waals surface area contributed by atoms with Gasteiger partial charge in [0.2, 0.25) is 0 Å². The number of fused-ring (bicyclic) bond motifs is 1. The highest BCUT2D eigenvalue weighted by Gasteiger charge is 2.29. The first-order valence-electron chi connectivity index (χ1n) is 8.20. The Morgan fingerprint density at radius 1 is 1.27 bits per heavy atom. The maximum atomic E-state index is 12.7. The Morgan fingerprint density at radius 2 is 2.05 bits per heavy atom. The van der Waals surface area contributed by atoms with Crippen molar-refractivity contribution in [3.8, 4) is 0 Å². The molecule has 1 aromatic carbocycles. The van der Waals surface area contributed by atoms with E-state index in [4.69, 9.17) is 0 Å². The number of carbonyl (C=O) groups is 1. The number of benzene rings is 1. The molecule has 0 bridgehead atoms. The summed E-state index contributed by atoms with van der Waals surface area (Å²) in [5, 5.41) is 12.5. The van der Waals surface area contributed by atoms with Crippen molar-refractivity contribution in [3.63, 3.8) is 0 Å². The van der Waals surface area contributed by atoms with E-state index in [2.05, 4.69) is 35.7 Å². The summed E-state index contributed by atoms with van der Waals surface area (Å²) in [5.74, 6) is 0. The molecule has 22 heavy (non-hydrogen) atoms. The van der Waals surface area contributed by atoms with E-state index in [-0.39, 0.29) is 24.7 Å². The minimum Gasteiger partial charge on any atom is -0.395 e. The van der Waals surface area contributed by atoms with Crippen LogP contribution in [0, 0.1) is 0 Å². The number of hydrogen-bond donors (Lipinski definition) is 2. The first-order chi connectivity index (χ1) is 10.8. The number of nitrogens with zero attached hydrogens (tertiary/aromatic N) is 1. The number of urea groups is 1. The number of hydrogen-bond acceptors (Lipinski definition) is 2. The maximum absolute atomic E-state index is 12.7. The average Bonchev–Trinajstić information content (AvgIpc) is 3.05. The fraction of sp³-hybridized carbons (Fsp3) is 0.500. The van der Waals surface area contributed by atoms with Crippen molar-refractivity contribution in [3.05, 3.63) is 47.5 Å². The third kappa shape index (κ3) is 3.17. The molecular weight excluding hydrogens is 276 g/mol. The smallest absolute Gasteiger partial charge is 0.318 e. The number of carbonyl (C=O) groups excluding carboxylic acids is 1. The van der Waals surface area contributed by atoms with Crippen LogP contribution < -0.4 is 5.32 Å². The standard InChI is InChI=1S/C18H24N2O2/c21-13-12-20(18(22)19-15-8-2-3-9-15)17-11-5-7-14-6-1-4-10-16(14)17/h1-4,6,10,15,17,21H,5,7-9,11-13H2,(H,19,22). The van der Waals surface area contributed by atoms with E-state index in [0.717, 1.165) is 32.1 Å². The van der Waals surface area contributed by atoms with Gasteiger partial charge >= 0.3 is 6.03 Å². The molecule has 0 heterocycles. The fourth-order valence-electron chi connectivity index (χ4n) is 3.55. The fourth-order valence-corrected chi connectivity index (χ4v) is 3.55. The Bertz CT molecular complexity index is 548. The normalized spacial score (nSPS) is 20.7. The number of aliphatic hydroxyl groups is 1. The molecule has 0 aliphatic heterocycles. The summed E-state index contributed by atoms with van der Waals surface area (Å²) in [7, 11) is 0. The zero-order valence-electron chi connectivity index (χ0n) is 12.9. The molecule has 1 unspecified atom stereocenters. The third-order valence-corrected chi connectivity index (χ3v) is 4.65. The van der Waals surface area contributed by atoms with E-state index >= 15 is 0 Å². The summed E-state index contributed by atoms with van der Waals surface area (Å²) in [4.78, 5) is 14.5. The minimum absolute atomic E-state index is 0.00496. The number of rotatable bonds is 4. The lowest BCUT2D eigenvalue weighted by Crippen LogP contribution is -2.47. The summed E-state index contributed by atoms with van der Waals surface area (Å²) in [6.07, 6.45) is 9.15. The zero-order valence-corrected chi connectivity index (χ0v) is 12.9. The van der Waals surface area contributed by atoms with Gasteiger partial charge in [0.25, 0.3) is 0 Å². The molecule has 0 radical (unpaired) electrons. The summed E-state index contributed by atoms with van der Waals surface area (Å²) in [6.45, 7) is 0.375. The van der Waals surface area contributed by atoms with Crippen LogP contribution in [0.25, 0.3) is 0 Å². The van der Waals surface area contributed by atoms with E-state index in [9.17, 15) is 9.90 Å². The van der Waals surface area contributed by atoms with Crippen LogP contribution in [0.15, 0.2) is 36.4 Å². The van der Waals surface area contributed by atoms with Gasteiger partial charge in [0.05, 0.1) is 12.6 Å². The molecule has 2 amide bonds. The summed E-state index contributed by atoms with van der Waals surface area (Å²) < 4.78 is 0. The Labute approximate surface area is 131 Å². The summed E-state index contributed by atoms with van der Waals surface area (Å²) in [5.41, 5.74) is 2.57. The van der Waals surface area contributed by atoms with E-state index in [1.807, 2.05) is 11.0 Å². The molecule has 2 N–H and O–H groups in total. The first-order valence-corrected chi connectivity index (χ1v) is 8.20. The Kier molecular flexibility index (Phi) is 4.78. The molecule has 118 valence electrons. The molecule has 4 nitrogen and oxygen atoms in total. The second-order valence-corrected chi connectivity index (χ2v) is 6.11. The number of amides is 2. The molecule has 0 fully saturated rings.